The Morgan fingerprint density at radius 1 is 1.47 bits per heavy atom. The Kier molecular flexibility index (Phi) is 3.79. The van der Waals surface area contributed by atoms with Gasteiger partial charge in [0.1, 0.15) is 0 Å². The maximum atomic E-state index is 6.71. The molecule has 2 fully saturated rings. The van der Waals surface area contributed by atoms with Gasteiger partial charge in [-0.25, -0.2) is 0 Å². The molecule has 0 aromatic carbocycles. The summed E-state index contributed by atoms with van der Waals surface area (Å²) in [5, 5.41) is 0. The van der Waals surface area contributed by atoms with E-state index in [-0.39, 0.29) is 11.0 Å². The number of nitrogens with two attached hydrogens (primary N) is 1. The van der Waals surface area contributed by atoms with Crippen molar-refractivity contribution in [3.8, 4) is 0 Å². The first-order chi connectivity index (χ1) is 7.93. The van der Waals surface area contributed by atoms with Crippen molar-refractivity contribution >= 4 is 11.8 Å². The number of likely N-dealkylation sites (N-methyl/N-ethyl adjacent to an activating group) is 1. The van der Waals surface area contributed by atoms with E-state index >= 15 is 0 Å². The number of hydrogen-bond donors (Lipinski definition) is 1. The van der Waals surface area contributed by atoms with Crippen molar-refractivity contribution in [2.45, 2.75) is 31.9 Å². The van der Waals surface area contributed by atoms with Gasteiger partial charge in [0.25, 0.3) is 0 Å². The van der Waals surface area contributed by atoms with Crippen LogP contribution in [0.5, 0.6) is 0 Å². The van der Waals surface area contributed by atoms with Crippen LogP contribution < -0.4 is 5.73 Å². The summed E-state index contributed by atoms with van der Waals surface area (Å²) in [6.45, 7) is 7.54. The van der Waals surface area contributed by atoms with E-state index in [1.54, 1.807) is 0 Å². The molecule has 17 heavy (non-hydrogen) atoms. The third kappa shape index (κ3) is 2.03. The largest absolute Gasteiger partial charge is 0.377 e. The van der Waals surface area contributed by atoms with Gasteiger partial charge in [-0.2, -0.15) is 11.8 Å². The molecule has 0 aromatic heterocycles. The Balaban J connectivity index is 1.98. The first-order valence-electron chi connectivity index (χ1n) is 6.51. The van der Waals surface area contributed by atoms with E-state index in [0.29, 0.717) is 12.0 Å². The summed E-state index contributed by atoms with van der Waals surface area (Å²) in [4.78, 5) is 2.38. The van der Waals surface area contributed by atoms with Gasteiger partial charge in [-0.3, -0.25) is 0 Å². The summed E-state index contributed by atoms with van der Waals surface area (Å²) in [5.41, 5.74) is 6.75. The Hall–Kier alpha value is 0.230. The van der Waals surface area contributed by atoms with Crippen LogP contribution in [0.3, 0.4) is 0 Å². The Morgan fingerprint density at radius 2 is 2.18 bits per heavy atom. The summed E-state index contributed by atoms with van der Waals surface area (Å²) in [6.07, 6.45) is 3.68. The smallest absolute Gasteiger partial charge is 0.0691 e. The lowest BCUT2D eigenvalue weighted by atomic mass is 9.48. The van der Waals surface area contributed by atoms with E-state index in [2.05, 4.69) is 32.1 Å². The number of fused-ring (bicyclic) bond motifs is 1. The first kappa shape index (κ1) is 13.7. The van der Waals surface area contributed by atoms with Gasteiger partial charge in [0, 0.05) is 42.3 Å². The number of ether oxygens (including phenoxy) is 1. The molecule has 2 N–H and O–H groups in total. The summed E-state index contributed by atoms with van der Waals surface area (Å²) >= 11 is 1.89. The summed E-state index contributed by atoms with van der Waals surface area (Å²) in [7, 11) is 2.18. The minimum absolute atomic E-state index is 0.0681. The minimum atomic E-state index is -0.0681. The van der Waals surface area contributed by atoms with Gasteiger partial charge in [-0.1, -0.05) is 13.8 Å². The van der Waals surface area contributed by atoms with Crippen LogP contribution in [-0.4, -0.2) is 55.3 Å². The van der Waals surface area contributed by atoms with Crippen molar-refractivity contribution in [1.82, 2.24) is 4.90 Å². The highest BCUT2D eigenvalue weighted by Crippen LogP contribution is 2.58. The number of hydrogen-bond acceptors (Lipinski definition) is 4. The van der Waals surface area contributed by atoms with E-state index in [0.717, 1.165) is 26.1 Å². The van der Waals surface area contributed by atoms with Gasteiger partial charge < -0.3 is 15.4 Å². The fourth-order valence-electron chi connectivity index (χ4n) is 3.57. The van der Waals surface area contributed by atoms with Gasteiger partial charge in [0.05, 0.1) is 6.10 Å². The summed E-state index contributed by atoms with van der Waals surface area (Å²) < 4.78 is 5.82. The molecule has 0 spiro atoms. The van der Waals surface area contributed by atoms with Crippen molar-refractivity contribution in [2.24, 2.45) is 17.1 Å². The molecule has 3 unspecified atom stereocenters. The van der Waals surface area contributed by atoms with E-state index < -0.39 is 0 Å². The highest BCUT2D eigenvalue weighted by molar-refractivity contribution is 7.98. The van der Waals surface area contributed by atoms with E-state index in [1.807, 2.05) is 11.8 Å². The Morgan fingerprint density at radius 3 is 2.82 bits per heavy atom. The second-order valence-corrected chi connectivity index (χ2v) is 7.16. The molecule has 0 radical (unpaired) electrons. The molecular formula is C13H26N2OS. The Labute approximate surface area is 109 Å². The van der Waals surface area contributed by atoms with Crippen LogP contribution in [0.25, 0.3) is 0 Å². The maximum Gasteiger partial charge on any atom is 0.0691 e. The predicted molar refractivity (Wildman–Crippen MR) is 74.4 cm³/mol. The van der Waals surface area contributed by atoms with Crippen LogP contribution in [0.4, 0.5) is 0 Å². The van der Waals surface area contributed by atoms with E-state index in [9.17, 15) is 0 Å². The van der Waals surface area contributed by atoms with Gasteiger partial charge >= 0.3 is 0 Å². The SMILES string of the molecule is CSCCN(C)CC1(N)C2CCOC2C1(C)C. The quantitative estimate of drug-likeness (QED) is 0.809. The molecule has 1 saturated carbocycles. The fraction of sp³-hybridized carbons (Fsp3) is 1.00. The predicted octanol–water partition coefficient (Wildman–Crippen LogP) is 1.42. The van der Waals surface area contributed by atoms with Crippen molar-refractivity contribution < 1.29 is 4.74 Å². The molecule has 4 heteroatoms. The van der Waals surface area contributed by atoms with Crippen LogP contribution in [0.15, 0.2) is 0 Å². The summed E-state index contributed by atoms with van der Waals surface area (Å²) in [6, 6.07) is 0. The molecule has 3 atom stereocenters. The van der Waals surface area contributed by atoms with Crippen molar-refractivity contribution in [2.75, 3.05) is 38.8 Å². The molecule has 100 valence electrons. The number of thioether (sulfide) groups is 1. The van der Waals surface area contributed by atoms with Crippen molar-refractivity contribution in [1.29, 1.82) is 0 Å². The van der Waals surface area contributed by atoms with Crippen LogP contribution in [-0.2, 0) is 4.74 Å². The molecule has 1 saturated heterocycles. The zero-order valence-corrected chi connectivity index (χ0v) is 12.3. The van der Waals surface area contributed by atoms with Crippen LogP contribution in [0, 0.1) is 11.3 Å². The lowest BCUT2D eigenvalue weighted by Gasteiger charge is -2.63. The molecule has 2 rings (SSSR count). The van der Waals surface area contributed by atoms with Gasteiger partial charge in [0.15, 0.2) is 0 Å². The molecule has 0 aromatic rings. The normalized spacial score (nSPS) is 39.2. The fourth-order valence-corrected chi connectivity index (χ4v) is 4.06. The van der Waals surface area contributed by atoms with Crippen molar-refractivity contribution in [3.63, 3.8) is 0 Å². The monoisotopic (exact) mass is 258 g/mol. The maximum absolute atomic E-state index is 6.71. The van der Waals surface area contributed by atoms with Crippen LogP contribution >= 0.6 is 11.8 Å². The Bertz CT molecular complexity index is 285. The molecule has 3 nitrogen and oxygen atoms in total. The lowest BCUT2D eigenvalue weighted by Crippen LogP contribution is -2.78. The number of nitrogens with zero attached hydrogens (tertiary/aromatic N) is 1. The average Bonchev–Trinajstić information content (AvgIpc) is 2.74. The second-order valence-electron chi connectivity index (χ2n) is 6.18. The molecule has 0 bridgehead atoms. The van der Waals surface area contributed by atoms with Crippen molar-refractivity contribution in [3.05, 3.63) is 0 Å². The standard InChI is InChI=1S/C13H26N2OS/c1-12(2)11-10(5-7-16-11)13(12,14)9-15(3)6-8-17-4/h10-11H,5-9,14H2,1-4H3. The van der Waals surface area contributed by atoms with E-state index in [1.165, 1.54) is 5.75 Å². The first-order valence-corrected chi connectivity index (χ1v) is 7.91. The summed E-state index contributed by atoms with van der Waals surface area (Å²) in [5.74, 6) is 1.74. The minimum Gasteiger partial charge on any atom is -0.377 e. The third-order valence-electron chi connectivity index (χ3n) is 4.87. The molecule has 1 heterocycles. The molecular weight excluding hydrogens is 232 g/mol. The van der Waals surface area contributed by atoms with E-state index in [4.69, 9.17) is 10.5 Å². The van der Waals surface area contributed by atoms with Crippen LogP contribution in [0.2, 0.25) is 0 Å². The molecule has 1 aliphatic carbocycles. The van der Waals surface area contributed by atoms with Crippen LogP contribution in [0.1, 0.15) is 20.3 Å². The van der Waals surface area contributed by atoms with Gasteiger partial charge in [-0.15, -0.1) is 0 Å². The topological polar surface area (TPSA) is 38.5 Å². The molecule has 2 aliphatic rings. The zero-order chi connectivity index (χ0) is 12.7. The third-order valence-corrected chi connectivity index (χ3v) is 5.46. The highest BCUT2D eigenvalue weighted by atomic mass is 32.2. The lowest BCUT2D eigenvalue weighted by molar-refractivity contribution is -0.161. The van der Waals surface area contributed by atoms with Gasteiger partial charge in [-0.05, 0) is 19.7 Å². The average molecular weight is 258 g/mol. The second kappa shape index (κ2) is 4.72. The van der Waals surface area contributed by atoms with Gasteiger partial charge in [0.2, 0.25) is 0 Å². The molecule has 0 amide bonds. The highest BCUT2D eigenvalue weighted by Gasteiger charge is 2.67. The zero-order valence-electron chi connectivity index (χ0n) is 11.5. The number of rotatable bonds is 5. The molecule has 1 aliphatic heterocycles.